The first-order valence-electron chi connectivity index (χ1n) is 6.36. The lowest BCUT2D eigenvalue weighted by Crippen LogP contribution is -2.28. The van der Waals surface area contributed by atoms with Crippen LogP contribution in [0.2, 0.25) is 0 Å². The Labute approximate surface area is 124 Å². The van der Waals surface area contributed by atoms with E-state index in [9.17, 15) is 14.9 Å². The van der Waals surface area contributed by atoms with E-state index in [-0.39, 0.29) is 12.1 Å². The summed E-state index contributed by atoms with van der Waals surface area (Å²) in [5.74, 6) is -0.807. The Bertz CT molecular complexity index is 531. The quantitative estimate of drug-likeness (QED) is 0.608. The van der Waals surface area contributed by atoms with E-state index in [1.165, 1.54) is 12.1 Å². The Kier molecular flexibility index (Phi) is 4.72. The van der Waals surface area contributed by atoms with Gasteiger partial charge in [0.15, 0.2) is 0 Å². The van der Waals surface area contributed by atoms with Gasteiger partial charge < -0.3 is 5.11 Å². The SMILES string of the molecule is O=C(O)CCN(Cc1ccc([N+](=O)[O-])cc1Br)C1CC1. The molecule has 2 rings (SSSR count). The van der Waals surface area contributed by atoms with Crippen LogP contribution in [0.3, 0.4) is 0 Å². The fraction of sp³-hybridized carbons (Fsp3) is 0.462. The van der Waals surface area contributed by atoms with Crippen molar-refractivity contribution in [1.82, 2.24) is 4.90 Å². The van der Waals surface area contributed by atoms with Crippen molar-refractivity contribution < 1.29 is 14.8 Å². The number of aliphatic carboxylic acids is 1. The van der Waals surface area contributed by atoms with E-state index >= 15 is 0 Å². The third-order valence-corrected chi connectivity index (χ3v) is 4.04. The van der Waals surface area contributed by atoms with E-state index in [2.05, 4.69) is 20.8 Å². The molecule has 0 unspecified atom stereocenters. The second-order valence-electron chi connectivity index (χ2n) is 4.88. The normalized spacial score (nSPS) is 14.5. The van der Waals surface area contributed by atoms with E-state index in [1.54, 1.807) is 6.07 Å². The maximum atomic E-state index is 10.7. The van der Waals surface area contributed by atoms with Gasteiger partial charge >= 0.3 is 5.97 Å². The summed E-state index contributed by atoms with van der Waals surface area (Å²) in [5.41, 5.74) is 0.983. The molecule has 6 nitrogen and oxygen atoms in total. The van der Waals surface area contributed by atoms with Crippen LogP contribution in [-0.2, 0) is 11.3 Å². The summed E-state index contributed by atoms with van der Waals surface area (Å²) in [6.07, 6.45) is 2.29. The molecule has 0 heterocycles. The monoisotopic (exact) mass is 342 g/mol. The zero-order chi connectivity index (χ0) is 14.7. The molecule has 0 atom stereocenters. The second kappa shape index (κ2) is 6.32. The first-order valence-corrected chi connectivity index (χ1v) is 7.15. The molecule has 0 aromatic heterocycles. The molecule has 0 saturated heterocycles. The minimum Gasteiger partial charge on any atom is -0.481 e. The summed E-state index contributed by atoms with van der Waals surface area (Å²) in [4.78, 5) is 23.1. The van der Waals surface area contributed by atoms with Crippen molar-refractivity contribution >= 4 is 27.6 Å². The molecule has 0 radical (unpaired) electrons. The summed E-state index contributed by atoms with van der Waals surface area (Å²) >= 11 is 3.35. The van der Waals surface area contributed by atoms with E-state index in [1.807, 2.05) is 0 Å². The number of rotatable bonds is 7. The molecule has 20 heavy (non-hydrogen) atoms. The Hall–Kier alpha value is -1.47. The molecule has 1 aromatic carbocycles. The van der Waals surface area contributed by atoms with Gasteiger partial charge in [0.05, 0.1) is 11.3 Å². The van der Waals surface area contributed by atoms with Crippen molar-refractivity contribution in [2.75, 3.05) is 6.54 Å². The number of carboxylic acids is 1. The Morgan fingerprint density at radius 2 is 2.20 bits per heavy atom. The predicted molar refractivity (Wildman–Crippen MR) is 76.5 cm³/mol. The molecule has 0 bridgehead atoms. The maximum absolute atomic E-state index is 10.7. The van der Waals surface area contributed by atoms with Crippen molar-refractivity contribution in [1.29, 1.82) is 0 Å². The van der Waals surface area contributed by atoms with Crippen LogP contribution in [0.4, 0.5) is 5.69 Å². The molecule has 1 aliphatic carbocycles. The molecular weight excluding hydrogens is 328 g/mol. The molecule has 1 fully saturated rings. The highest BCUT2D eigenvalue weighted by Crippen LogP contribution is 2.31. The van der Waals surface area contributed by atoms with Gasteiger partial charge in [-0.3, -0.25) is 19.8 Å². The van der Waals surface area contributed by atoms with E-state index in [0.717, 1.165) is 18.4 Å². The van der Waals surface area contributed by atoms with Gasteiger partial charge in [-0.2, -0.15) is 0 Å². The topological polar surface area (TPSA) is 83.7 Å². The maximum Gasteiger partial charge on any atom is 0.304 e. The Morgan fingerprint density at radius 1 is 1.50 bits per heavy atom. The summed E-state index contributed by atoms with van der Waals surface area (Å²) in [7, 11) is 0. The average molecular weight is 343 g/mol. The lowest BCUT2D eigenvalue weighted by molar-refractivity contribution is -0.384. The smallest absolute Gasteiger partial charge is 0.304 e. The molecule has 1 aromatic rings. The van der Waals surface area contributed by atoms with Gasteiger partial charge in [0, 0.05) is 35.7 Å². The van der Waals surface area contributed by atoms with Crippen molar-refractivity contribution in [3.63, 3.8) is 0 Å². The van der Waals surface area contributed by atoms with Crippen LogP contribution in [0.1, 0.15) is 24.8 Å². The molecule has 0 aliphatic heterocycles. The fourth-order valence-corrected chi connectivity index (χ4v) is 2.56. The molecule has 1 saturated carbocycles. The Morgan fingerprint density at radius 3 is 2.70 bits per heavy atom. The van der Waals surface area contributed by atoms with Gasteiger partial charge in [0.25, 0.3) is 5.69 Å². The Balaban J connectivity index is 2.06. The fourth-order valence-electron chi connectivity index (χ4n) is 2.07. The number of carboxylic acid groups (broad SMARTS) is 1. The van der Waals surface area contributed by atoms with Crippen LogP contribution in [0, 0.1) is 10.1 Å². The van der Waals surface area contributed by atoms with Gasteiger partial charge in [-0.05, 0) is 24.5 Å². The number of non-ortho nitro benzene ring substituents is 1. The van der Waals surface area contributed by atoms with Gasteiger partial charge in [-0.1, -0.05) is 15.9 Å². The van der Waals surface area contributed by atoms with Crippen LogP contribution in [0.5, 0.6) is 0 Å². The summed E-state index contributed by atoms with van der Waals surface area (Å²) in [6.45, 7) is 1.11. The number of halogens is 1. The third-order valence-electron chi connectivity index (χ3n) is 3.30. The molecule has 1 aliphatic rings. The number of benzene rings is 1. The molecule has 7 heteroatoms. The van der Waals surface area contributed by atoms with Crippen molar-refractivity contribution in [2.24, 2.45) is 0 Å². The lowest BCUT2D eigenvalue weighted by atomic mass is 10.2. The first-order chi connectivity index (χ1) is 9.47. The van der Waals surface area contributed by atoms with E-state index in [0.29, 0.717) is 23.6 Å². The van der Waals surface area contributed by atoms with Gasteiger partial charge in [-0.15, -0.1) is 0 Å². The molecule has 0 spiro atoms. The molecule has 0 amide bonds. The minimum atomic E-state index is -0.807. The molecule has 108 valence electrons. The predicted octanol–water partition coefficient (Wildman–Crippen LogP) is 2.80. The third kappa shape index (κ3) is 4.01. The van der Waals surface area contributed by atoms with Crippen LogP contribution in [0.25, 0.3) is 0 Å². The van der Waals surface area contributed by atoms with E-state index in [4.69, 9.17) is 5.11 Å². The number of carbonyl (C=O) groups is 1. The van der Waals surface area contributed by atoms with Crippen LogP contribution < -0.4 is 0 Å². The first kappa shape index (κ1) is 14.9. The number of hydrogen-bond donors (Lipinski definition) is 1. The highest BCUT2D eigenvalue weighted by atomic mass is 79.9. The number of nitro groups is 1. The van der Waals surface area contributed by atoms with E-state index < -0.39 is 10.9 Å². The molecular formula is C13H15BrN2O4. The zero-order valence-electron chi connectivity index (χ0n) is 10.8. The van der Waals surface area contributed by atoms with Crippen molar-refractivity contribution in [2.45, 2.75) is 31.8 Å². The average Bonchev–Trinajstić information content (AvgIpc) is 3.19. The highest BCUT2D eigenvalue weighted by molar-refractivity contribution is 9.10. The number of nitro benzene ring substituents is 1. The van der Waals surface area contributed by atoms with Crippen LogP contribution in [0.15, 0.2) is 22.7 Å². The summed E-state index contributed by atoms with van der Waals surface area (Å²) in [6, 6.07) is 5.12. The zero-order valence-corrected chi connectivity index (χ0v) is 12.4. The number of hydrogen-bond acceptors (Lipinski definition) is 4. The highest BCUT2D eigenvalue weighted by Gasteiger charge is 2.29. The van der Waals surface area contributed by atoms with Gasteiger partial charge in [0.2, 0.25) is 0 Å². The van der Waals surface area contributed by atoms with Gasteiger partial charge in [-0.25, -0.2) is 0 Å². The van der Waals surface area contributed by atoms with Gasteiger partial charge in [0.1, 0.15) is 0 Å². The minimum absolute atomic E-state index is 0.0455. The standard InChI is InChI=1S/C13H15BrN2O4/c14-12-7-11(16(19)20)2-1-9(12)8-15(10-3-4-10)6-5-13(17)18/h1-2,7,10H,3-6,8H2,(H,17,18). The molecule has 1 N–H and O–H groups in total. The van der Waals surface area contributed by atoms with Crippen molar-refractivity contribution in [3.05, 3.63) is 38.3 Å². The van der Waals surface area contributed by atoms with Crippen LogP contribution in [-0.4, -0.2) is 33.5 Å². The second-order valence-corrected chi connectivity index (χ2v) is 5.73. The largest absolute Gasteiger partial charge is 0.481 e. The van der Waals surface area contributed by atoms with Crippen molar-refractivity contribution in [3.8, 4) is 0 Å². The van der Waals surface area contributed by atoms with Crippen LogP contribution >= 0.6 is 15.9 Å². The number of nitrogens with zero attached hydrogens (tertiary/aromatic N) is 2. The summed E-state index contributed by atoms with van der Waals surface area (Å²) in [5, 5.41) is 19.5. The lowest BCUT2D eigenvalue weighted by Gasteiger charge is -2.21. The summed E-state index contributed by atoms with van der Waals surface area (Å²) < 4.78 is 0.688.